The lowest BCUT2D eigenvalue weighted by atomic mass is 9.99. The van der Waals surface area contributed by atoms with E-state index in [0.717, 1.165) is 6.54 Å². The minimum Gasteiger partial charge on any atom is -0.472 e. The van der Waals surface area contributed by atoms with Crippen LogP contribution in [0.15, 0.2) is 23.0 Å². The number of hydrogen-bond donors (Lipinski definition) is 1. The third-order valence-electron chi connectivity index (χ3n) is 2.23. The van der Waals surface area contributed by atoms with Crippen LogP contribution in [0.4, 0.5) is 0 Å². The van der Waals surface area contributed by atoms with Crippen molar-refractivity contribution in [3.05, 3.63) is 24.2 Å². The maximum atomic E-state index is 5.00. The summed E-state index contributed by atoms with van der Waals surface area (Å²) in [5.41, 5.74) is 1.44. The van der Waals surface area contributed by atoms with Crippen molar-refractivity contribution in [1.29, 1.82) is 0 Å². The van der Waals surface area contributed by atoms with Gasteiger partial charge in [0.2, 0.25) is 0 Å². The molecular formula is C11H19NO. The van der Waals surface area contributed by atoms with E-state index in [-0.39, 0.29) is 5.54 Å². The second kappa shape index (κ2) is 4.47. The van der Waals surface area contributed by atoms with E-state index in [4.69, 9.17) is 4.42 Å². The third-order valence-corrected chi connectivity index (χ3v) is 2.23. The molecule has 0 fully saturated rings. The first-order valence-corrected chi connectivity index (χ1v) is 4.90. The van der Waals surface area contributed by atoms with Gasteiger partial charge in [0.1, 0.15) is 0 Å². The van der Waals surface area contributed by atoms with Gasteiger partial charge >= 0.3 is 0 Å². The molecule has 0 saturated heterocycles. The van der Waals surface area contributed by atoms with Crippen molar-refractivity contribution in [2.24, 2.45) is 0 Å². The molecule has 0 aliphatic heterocycles. The highest BCUT2D eigenvalue weighted by Gasteiger charge is 2.14. The van der Waals surface area contributed by atoms with E-state index < -0.39 is 0 Å². The molecule has 1 rings (SSSR count). The van der Waals surface area contributed by atoms with E-state index >= 15 is 0 Å². The molecule has 1 heterocycles. The second-order valence-corrected chi connectivity index (χ2v) is 4.12. The number of furan rings is 1. The molecule has 1 aromatic heterocycles. The second-order valence-electron chi connectivity index (χ2n) is 4.12. The topological polar surface area (TPSA) is 25.2 Å². The van der Waals surface area contributed by atoms with Gasteiger partial charge in [-0.2, -0.15) is 0 Å². The maximum absolute atomic E-state index is 5.00. The first kappa shape index (κ1) is 10.3. The van der Waals surface area contributed by atoms with Crippen molar-refractivity contribution in [2.75, 3.05) is 0 Å². The molecule has 0 atom stereocenters. The lowest BCUT2D eigenvalue weighted by Crippen LogP contribution is -2.38. The summed E-state index contributed by atoms with van der Waals surface area (Å²) in [6, 6.07) is 2.00. The summed E-state index contributed by atoms with van der Waals surface area (Å²) in [6.07, 6.45) is 5.91. The van der Waals surface area contributed by atoms with E-state index in [9.17, 15) is 0 Å². The van der Waals surface area contributed by atoms with E-state index in [2.05, 4.69) is 26.1 Å². The van der Waals surface area contributed by atoms with Crippen LogP contribution >= 0.6 is 0 Å². The van der Waals surface area contributed by atoms with E-state index in [1.807, 2.05) is 6.07 Å². The van der Waals surface area contributed by atoms with Crippen molar-refractivity contribution in [1.82, 2.24) is 5.32 Å². The molecule has 1 N–H and O–H groups in total. The molecule has 13 heavy (non-hydrogen) atoms. The molecule has 0 amide bonds. The van der Waals surface area contributed by atoms with Gasteiger partial charge in [0, 0.05) is 17.6 Å². The Labute approximate surface area is 80.3 Å². The monoisotopic (exact) mass is 181 g/mol. The predicted octanol–water partition coefficient (Wildman–Crippen LogP) is 2.95. The van der Waals surface area contributed by atoms with Crippen molar-refractivity contribution < 1.29 is 4.42 Å². The van der Waals surface area contributed by atoms with Gasteiger partial charge < -0.3 is 9.73 Å². The standard InChI is InChI=1S/C11H19NO/c1-4-6-11(2,3)12-8-10-5-7-13-9-10/h5,7,9,12H,4,6,8H2,1-3H3. The molecule has 0 aliphatic rings. The molecule has 1 aromatic rings. The molecule has 0 saturated carbocycles. The summed E-state index contributed by atoms with van der Waals surface area (Å²) in [5, 5.41) is 3.50. The van der Waals surface area contributed by atoms with Crippen molar-refractivity contribution in [3.63, 3.8) is 0 Å². The number of hydrogen-bond acceptors (Lipinski definition) is 2. The Morgan fingerprint density at radius 2 is 2.23 bits per heavy atom. The molecule has 74 valence electrons. The van der Waals surface area contributed by atoms with Crippen molar-refractivity contribution in [3.8, 4) is 0 Å². The van der Waals surface area contributed by atoms with Gasteiger partial charge in [0.05, 0.1) is 12.5 Å². The summed E-state index contributed by atoms with van der Waals surface area (Å²) in [4.78, 5) is 0. The Hall–Kier alpha value is -0.760. The smallest absolute Gasteiger partial charge is 0.0947 e. The Morgan fingerprint density at radius 3 is 2.77 bits per heavy atom. The highest BCUT2D eigenvalue weighted by atomic mass is 16.3. The van der Waals surface area contributed by atoms with Crippen LogP contribution in [0.25, 0.3) is 0 Å². The van der Waals surface area contributed by atoms with E-state index in [1.165, 1.54) is 18.4 Å². The van der Waals surface area contributed by atoms with Gasteiger partial charge in [0.25, 0.3) is 0 Å². The van der Waals surface area contributed by atoms with Crippen LogP contribution in [0.5, 0.6) is 0 Å². The molecule has 2 heteroatoms. The summed E-state index contributed by atoms with van der Waals surface area (Å²) < 4.78 is 5.00. The predicted molar refractivity (Wildman–Crippen MR) is 54.5 cm³/mol. The lowest BCUT2D eigenvalue weighted by molar-refractivity contribution is 0.356. The summed E-state index contributed by atoms with van der Waals surface area (Å²) >= 11 is 0. The van der Waals surface area contributed by atoms with Crippen LogP contribution in [-0.2, 0) is 6.54 Å². The van der Waals surface area contributed by atoms with Crippen molar-refractivity contribution >= 4 is 0 Å². The normalized spacial score (nSPS) is 11.9. The Morgan fingerprint density at radius 1 is 1.46 bits per heavy atom. The molecular weight excluding hydrogens is 162 g/mol. The fourth-order valence-electron chi connectivity index (χ4n) is 1.45. The molecule has 0 radical (unpaired) electrons. The average Bonchev–Trinajstić information content (AvgIpc) is 2.52. The largest absolute Gasteiger partial charge is 0.472 e. The maximum Gasteiger partial charge on any atom is 0.0947 e. The summed E-state index contributed by atoms with van der Waals surface area (Å²) in [6.45, 7) is 7.57. The average molecular weight is 181 g/mol. The highest BCUT2D eigenvalue weighted by Crippen LogP contribution is 2.12. The first-order valence-electron chi connectivity index (χ1n) is 4.90. The molecule has 2 nitrogen and oxygen atoms in total. The van der Waals surface area contributed by atoms with Gasteiger partial charge in [-0.3, -0.25) is 0 Å². The Kier molecular flexibility index (Phi) is 3.55. The fraction of sp³-hybridized carbons (Fsp3) is 0.636. The molecule has 0 spiro atoms. The Bertz CT molecular complexity index is 226. The van der Waals surface area contributed by atoms with Gasteiger partial charge in [-0.05, 0) is 26.3 Å². The third kappa shape index (κ3) is 3.64. The van der Waals surface area contributed by atoms with Crippen LogP contribution in [0.1, 0.15) is 39.2 Å². The quantitative estimate of drug-likeness (QED) is 0.755. The van der Waals surface area contributed by atoms with Crippen LogP contribution in [-0.4, -0.2) is 5.54 Å². The number of nitrogens with one attached hydrogen (secondary N) is 1. The van der Waals surface area contributed by atoms with Gasteiger partial charge in [-0.15, -0.1) is 0 Å². The van der Waals surface area contributed by atoms with E-state index in [1.54, 1.807) is 12.5 Å². The highest BCUT2D eigenvalue weighted by molar-refractivity contribution is 5.05. The van der Waals surface area contributed by atoms with Crippen molar-refractivity contribution in [2.45, 2.75) is 45.7 Å². The Balaban J connectivity index is 2.33. The summed E-state index contributed by atoms with van der Waals surface area (Å²) in [7, 11) is 0. The molecule has 0 bridgehead atoms. The minimum absolute atomic E-state index is 0.228. The zero-order valence-corrected chi connectivity index (χ0v) is 8.76. The van der Waals surface area contributed by atoms with Crippen LogP contribution < -0.4 is 5.32 Å². The van der Waals surface area contributed by atoms with Crippen LogP contribution in [0, 0.1) is 0 Å². The zero-order valence-electron chi connectivity index (χ0n) is 8.76. The fourth-order valence-corrected chi connectivity index (χ4v) is 1.45. The molecule has 0 aliphatic carbocycles. The first-order chi connectivity index (χ1) is 6.14. The summed E-state index contributed by atoms with van der Waals surface area (Å²) in [5.74, 6) is 0. The SMILES string of the molecule is CCCC(C)(C)NCc1ccoc1. The lowest BCUT2D eigenvalue weighted by Gasteiger charge is -2.25. The van der Waals surface area contributed by atoms with Crippen LogP contribution in [0.2, 0.25) is 0 Å². The minimum atomic E-state index is 0.228. The number of rotatable bonds is 5. The zero-order chi connectivity index (χ0) is 9.73. The molecule has 0 aromatic carbocycles. The molecule has 0 unspecified atom stereocenters. The van der Waals surface area contributed by atoms with Gasteiger partial charge in [-0.25, -0.2) is 0 Å². The van der Waals surface area contributed by atoms with Crippen LogP contribution in [0.3, 0.4) is 0 Å². The van der Waals surface area contributed by atoms with Gasteiger partial charge in [0.15, 0.2) is 0 Å². The van der Waals surface area contributed by atoms with Gasteiger partial charge in [-0.1, -0.05) is 13.3 Å². The van der Waals surface area contributed by atoms with E-state index in [0.29, 0.717) is 0 Å².